The normalized spacial score (nSPS) is 13.8. The fourth-order valence-electron chi connectivity index (χ4n) is 0.630. The van der Waals surface area contributed by atoms with Crippen LogP contribution in [0.1, 0.15) is 20.3 Å². The van der Waals surface area contributed by atoms with Crippen molar-refractivity contribution in [2.75, 3.05) is 0 Å². The van der Waals surface area contributed by atoms with Crippen LogP contribution in [0, 0.1) is 5.92 Å². The maximum Gasteiger partial charge on any atom is 0.0359 e. The zero-order chi connectivity index (χ0) is 9.40. The van der Waals surface area contributed by atoms with Crippen LogP contribution in [0.15, 0.2) is 42.1 Å². The first-order valence-corrected chi connectivity index (χ1v) is 4.22. The van der Waals surface area contributed by atoms with E-state index in [-0.39, 0.29) is 0 Å². The molecule has 0 radical (unpaired) electrons. The van der Waals surface area contributed by atoms with Gasteiger partial charge in [-0.05, 0) is 18.4 Å². The lowest BCUT2D eigenvalue weighted by Gasteiger charge is -2.05. The van der Waals surface area contributed by atoms with Gasteiger partial charge < -0.3 is 0 Å². The highest BCUT2D eigenvalue weighted by atomic mass is 14.7. The van der Waals surface area contributed by atoms with Gasteiger partial charge in [-0.25, -0.2) is 0 Å². The number of nitrogens with zero attached hydrogens (tertiary/aromatic N) is 1. The summed E-state index contributed by atoms with van der Waals surface area (Å²) in [6, 6.07) is 0. The van der Waals surface area contributed by atoms with Crippen molar-refractivity contribution in [2.24, 2.45) is 10.9 Å². The molecule has 0 N–H and O–H groups in total. The Morgan fingerprint density at radius 2 is 2.17 bits per heavy atom. The van der Waals surface area contributed by atoms with Gasteiger partial charge in [-0.1, -0.05) is 39.2 Å². The van der Waals surface area contributed by atoms with Crippen LogP contribution in [-0.2, 0) is 0 Å². The Morgan fingerprint density at radius 1 is 1.50 bits per heavy atom. The van der Waals surface area contributed by atoms with Gasteiger partial charge in [-0.15, -0.1) is 0 Å². The second-order valence-electron chi connectivity index (χ2n) is 2.70. The quantitative estimate of drug-likeness (QED) is 0.435. The molecule has 0 aromatic rings. The van der Waals surface area contributed by atoms with Gasteiger partial charge in [-0.3, -0.25) is 4.99 Å². The summed E-state index contributed by atoms with van der Waals surface area (Å²) in [5.74, 6) is 0.471. The third-order valence-corrected chi connectivity index (χ3v) is 1.75. The van der Waals surface area contributed by atoms with Crippen LogP contribution in [0.25, 0.3) is 0 Å². The highest BCUT2D eigenvalue weighted by Crippen LogP contribution is 2.12. The molecular formula is C11H17N. The molecule has 0 aliphatic rings. The van der Waals surface area contributed by atoms with Crippen LogP contribution >= 0.6 is 0 Å². The average molecular weight is 163 g/mol. The minimum Gasteiger partial charge on any atom is -0.262 e. The third kappa shape index (κ3) is 4.67. The van der Waals surface area contributed by atoms with Crippen molar-refractivity contribution < 1.29 is 0 Å². The molecule has 0 aromatic heterocycles. The van der Waals surface area contributed by atoms with E-state index in [1.54, 1.807) is 12.3 Å². The van der Waals surface area contributed by atoms with Crippen molar-refractivity contribution in [3.8, 4) is 0 Å². The van der Waals surface area contributed by atoms with Gasteiger partial charge in [0, 0.05) is 11.9 Å². The van der Waals surface area contributed by atoms with E-state index in [1.807, 2.05) is 12.2 Å². The summed E-state index contributed by atoms with van der Waals surface area (Å²) >= 11 is 0. The summed E-state index contributed by atoms with van der Waals surface area (Å²) in [6.07, 6.45) is 8.24. The molecule has 0 bridgehead atoms. The van der Waals surface area contributed by atoms with Crippen LogP contribution in [-0.4, -0.2) is 6.21 Å². The largest absolute Gasteiger partial charge is 0.262 e. The third-order valence-electron chi connectivity index (χ3n) is 1.75. The van der Waals surface area contributed by atoms with E-state index in [0.29, 0.717) is 5.92 Å². The smallest absolute Gasteiger partial charge is 0.0359 e. The van der Waals surface area contributed by atoms with E-state index in [4.69, 9.17) is 0 Å². The molecule has 0 saturated heterocycles. The SMILES string of the molecule is C=C/C=C\C=NC(=C)C(C)CC. The molecule has 1 unspecified atom stereocenters. The van der Waals surface area contributed by atoms with E-state index >= 15 is 0 Å². The molecule has 1 nitrogen and oxygen atoms in total. The molecule has 0 aliphatic heterocycles. The molecule has 0 rings (SSSR count). The number of allylic oxidation sites excluding steroid dienone is 4. The van der Waals surface area contributed by atoms with Gasteiger partial charge >= 0.3 is 0 Å². The number of hydrogen-bond acceptors (Lipinski definition) is 1. The van der Waals surface area contributed by atoms with E-state index in [1.165, 1.54) is 0 Å². The number of aliphatic imine (C=N–C) groups is 1. The summed E-state index contributed by atoms with van der Waals surface area (Å²) in [6.45, 7) is 11.7. The Balaban J connectivity index is 3.90. The summed E-state index contributed by atoms with van der Waals surface area (Å²) in [4.78, 5) is 4.18. The van der Waals surface area contributed by atoms with E-state index < -0.39 is 0 Å². The van der Waals surface area contributed by atoms with Crippen molar-refractivity contribution in [3.63, 3.8) is 0 Å². The lowest BCUT2D eigenvalue weighted by molar-refractivity contribution is 0.652. The second-order valence-corrected chi connectivity index (χ2v) is 2.70. The van der Waals surface area contributed by atoms with Gasteiger partial charge in [-0.2, -0.15) is 0 Å². The average Bonchev–Trinajstić information content (AvgIpc) is 2.10. The molecule has 1 heteroatoms. The number of hydrogen-bond donors (Lipinski definition) is 0. The first-order valence-electron chi connectivity index (χ1n) is 4.22. The van der Waals surface area contributed by atoms with Crippen molar-refractivity contribution in [1.82, 2.24) is 0 Å². The van der Waals surface area contributed by atoms with Gasteiger partial charge in [0.2, 0.25) is 0 Å². The van der Waals surface area contributed by atoms with Crippen molar-refractivity contribution in [1.29, 1.82) is 0 Å². The zero-order valence-electron chi connectivity index (χ0n) is 7.96. The monoisotopic (exact) mass is 163 g/mol. The van der Waals surface area contributed by atoms with Gasteiger partial charge in [0.15, 0.2) is 0 Å². The minimum atomic E-state index is 0.471. The molecule has 0 aliphatic carbocycles. The van der Waals surface area contributed by atoms with E-state index in [9.17, 15) is 0 Å². The minimum absolute atomic E-state index is 0.471. The lowest BCUT2D eigenvalue weighted by Crippen LogP contribution is -1.92. The molecule has 0 amide bonds. The van der Waals surface area contributed by atoms with Crippen LogP contribution in [0.4, 0.5) is 0 Å². The first kappa shape index (κ1) is 10.9. The van der Waals surface area contributed by atoms with Crippen molar-refractivity contribution in [2.45, 2.75) is 20.3 Å². The molecule has 12 heavy (non-hydrogen) atoms. The summed E-state index contributed by atoms with van der Waals surface area (Å²) in [7, 11) is 0. The Kier molecular flexibility index (Phi) is 5.98. The molecule has 1 atom stereocenters. The predicted octanol–water partition coefficient (Wildman–Crippen LogP) is 3.36. The van der Waals surface area contributed by atoms with Crippen LogP contribution in [0.3, 0.4) is 0 Å². The molecule has 0 fully saturated rings. The Bertz CT molecular complexity index is 199. The first-order chi connectivity index (χ1) is 5.72. The Hall–Kier alpha value is -1.11. The molecular weight excluding hydrogens is 146 g/mol. The van der Waals surface area contributed by atoms with E-state index in [2.05, 4.69) is 32.0 Å². The fourth-order valence-corrected chi connectivity index (χ4v) is 0.630. The Labute approximate surface area is 75.2 Å². The zero-order valence-corrected chi connectivity index (χ0v) is 7.96. The Morgan fingerprint density at radius 3 is 2.67 bits per heavy atom. The van der Waals surface area contributed by atoms with Crippen molar-refractivity contribution in [3.05, 3.63) is 37.1 Å². The highest BCUT2D eigenvalue weighted by molar-refractivity contribution is 5.72. The van der Waals surface area contributed by atoms with Crippen molar-refractivity contribution >= 4 is 6.21 Å². The predicted molar refractivity (Wildman–Crippen MR) is 56.4 cm³/mol. The standard InChI is InChI=1S/C11H17N/c1-5-7-8-9-12-11(4)10(3)6-2/h5,7-10H,1,4,6H2,2-3H3/b8-7-,12-9?. The van der Waals surface area contributed by atoms with Gasteiger partial charge in [0.05, 0.1) is 0 Å². The molecule has 66 valence electrons. The lowest BCUT2D eigenvalue weighted by atomic mass is 10.1. The maximum absolute atomic E-state index is 4.18. The number of rotatable bonds is 5. The fraction of sp³-hybridized carbons (Fsp3) is 0.364. The molecule has 0 spiro atoms. The summed E-state index contributed by atoms with van der Waals surface area (Å²) < 4.78 is 0. The topological polar surface area (TPSA) is 12.4 Å². The highest BCUT2D eigenvalue weighted by Gasteiger charge is 1.99. The molecule has 0 saturated carbocycles. The second kappa shape index (κ2) is 6.59. The summed E-state index contributed by atoms with van der Waals surface area (Å²) in [5.41, 5.74) is 0.936. The van der Waals surface area contributed by atoms with Gasteiger partial charge in [0.25, 0.3) is 0 Å². The molecule has 0 aromatic carbocycles. The maximum atomic E-state index is 4.18. The van der Waals surface area contributed by atoms with Crippen LogP contribution in [0.2, 0.25) is 0 Å². The van der Waals surface area contributed by atoms with Crippen LogP contribution < -0.4 is 0 Å². The van der Waals surface area contributed by atoms with Crippen LogP contribution in [0.5, 0.6) is 0 Å². The molecule has 0 heterocycles. The van der Waals surface area contributed by atoms with Gasteiger partial charge in [0.1, 0.15) is 0 Å². The van der Waals surface area contributed by atoms with E-state index in [0.717, 1.165) is 12.1 Å². The summed E-state index contributed by atoms with van der Waals surface area (Å²) in [5, 5.41) is 0.